The molecule has 4 heteroatoms. The molecule has 0 saturated carbocycles. The predicted molar refractivity (Wildman–Crippen MR) is 62.7 cm³/mol. The lowest BCUT2D eigenvalue weighted by molar-refractivity contribution is 0.226. The first kappa shape index (κ1) is 11.8. The number of nitrogens with one attached hydrogen (secondary N) is 1. The van der Waals surface area contributed by atoms with Gasteiger partial charge in [-0.15, -0.1) is 0 Å². The number of rotatable bonds is 4. The number of aromatic nitrogens is 1. The highest BCUT2D eigenvalue weighted by Gasteiger charge is 2.12. The Morgan fingerprint density at radius 3 is 2.73 bits per heavy atom. The van der Waals surface area contributed by atoms with Gasteiger partial charge >= 0.3 is 0 Å². The Morgan fingerprint density at radius 1 is 1.47 bits per heavy atom. The Balaban J connectivity index is 2.75. The van der Waals surface area contributed by atoms with Gasteiger partial charge in [-0.1, -0.05) is 6.92 Å². The van der Waals surface area contributed by atoms with Gasteiger partial charge in [0, 0.05) is 18.3 Å². The van der Waals surface area contributed by atoms with E-state index in [2.05, 4.69) is 10.3 Å². The maximum absolute atomic E-state index is 9.02. The molecule has 15 heavy (non-hydrogen) atoms. The van der Waals surface area contributed by atoms with E-state index in [9.17, 15) is 0 Å². The van der Waals surface area contributed by atoms with Gasteiger partial charge in [-0.2, -0.15) is 0 Å². The van der Waals surface area contributed by atoms with Crippen molar-refractivity contribution in [1.82, 2.24) is 4.98 Å². The summed E-state index contributed by atoms with van der Waals surface area (Å²) in [7, 11) is 0. The lowest BCUT2D eigenvalue weighted by Crippen LogP contribution is -2.27. The van der Waals surface area contributed by atoms with E-state index in [0.717, 1.165) is 5.69 Å². The summed E-state index contributed by atoms with van der Waals surface area (Å²) in [4.78, 5) is 4.31. The zero-order chi connectivity index (χ0) is 11.4. The first-order chi connectivity index (χ1) is 7.04. The Labute approximate surface area is 90.5 Å². The lowest BCUT2D eigenvalue weighted by Gasteiger charge is -2.20. The van der Waals surface area contributed by atoms with Gasteiger partial charge in [-0.25, -0.2) is 4.98 Å². The van der Waals surface area contributed by atoms with Gasteiger partial charge in [0.05, 0.1) is 5.69 Å². The van der Waals surface area contributed by atoms with Crippen molar-refractivity contribution in [2.24, 2.45) is 5.92 Å². The highest BCUT2D eigenvalue weighted by atomic mass is 16.3. The molecule has 2 atom stereocenters. The zero-order valence-corrected chi connectivity index (χ0v) is 9.49. The number of aliphatic hydroxyl groups excluding tert-OH is 1. The van der Waals surface area contributed by atoms with Crippen molar-refractivity contribution in [2.45, 2.75) is 26.8 Å². The van der Waals surface area contributed by atoms with E-state index < -0.39 is 0 Å². The second kappa shape index (κ2) is 4.98. The summed E-state index contributed by atoms with van der Waals surface area (Å²) in [6.45, 7) is 6.05. The molecule has 4 nitrogen and oxygen atoms in total. The third-order valence-electron chi connectivity index (χ3n) is 2.57. The molecule has 0 radical (unpaired) electrons. The highest BCUT2D eigenvalue weighted by molar-refractivity contribution is 5.61. The molecule has 84 valence electrons. The molecule has 0 aliphatic carbocycles. The van der Waals surface area contributed by atoms with Crippen LogP contribution >= 0.6 is 0 Å². The van der Waals surface area contributed by atoms with Crippen molar-refractivity contribution in [2.75, 3.05) is 17.7 Å². The third-order valence-corrected chi connectivity index (χ3v) is 2.57. The largest absolute Gasteiger partial charge is 0.396 e. The molecule has 0 aliphatic heterocycles. The molecule has 0 saturated heterocycles. The standard InChI is InChI=1S/C11H19N3O/c1-7(6-15)9(3)14-11-10(12)5-4-8(2)13-11/h4-5,7,9,15H,6,12H2,1-3H3,(H,13,14). The Hall–Kier alpha value is -1.29. The van der Waals surface area contributed by atoms with Gasteiger partial charge in [-0.3, -0.25) is 0 Å². The van der Waals surface area contributed by atoms with Gasteiger partial charge in [0.2, 0.25) is 0 Å². The summed E-state index contributed by atoms with van der Waals surface area (Å²) in [6, 6.07) is 3.85. The quantitative estimate of drug-likeness (QED) is 0.701. The smallest absolute Gasteiger partial charge is 0.149 e. The summed E-state index contributed by atoms with van der Waals surface area (Å²) < 4.78 is 0. The number of nitrogens with zero attached hydrogens (tertiary/aromatic N) is 1. The molecule has 0 fully saturated rings. The van der Waals surface area contributed by atoms with E-state index in [1.165, 1.54) is 0 Å². The summed E-state index contributed by atoms with van der Waals surface area (Å²) in [5, 5.41) is 12.2. The minimum atomic E-state index is 0.145. The second-order valence-corrected chi connectivity index (χ2v) is 3.98. The van der Waals surface area contributed by atoms with Crippen LogP contribution in [-0.4, -0.2) is 22.7 Å². The van der Waals surface area contributed by atoms with Gasteiger partial charge in [0.15, 0.2) is 0 Å². The average Bonchev–Trinajstić information content (AvgIpc) is 2.22. The van der Waals surface area contributed by atoms with Gasteiger partial charge < -0.3 is 16.2 Å². The van der Waals surface area contributed by atoms with E-state index in [1.54, 1.807) is 0 Å². The SMILES string of the molecule is Cc1ccc(N)c(NC(C)C(C)CO)n1. The molecule has 0 amide bonds. The molecule has 1 heterocycles. The molecule has 0 bridgehead atoms. The second-order valence-electron chi connectivity index (χ2n) is 3.98. The summed E-state index contributed by atoms with van der Waals surface area (Å²) in [6.07, 6.45) is 0. The normalized spacial score (nSPS) is 14.7. The van der Waals surface area contributed by atoms with Crippen LogP contribution in [-0.2, 0) is 0 Å². The van der Waals surface area contributed by atoms with Gasteiger partial charge in [0.25, 0.3) is 0 Å². The summed E-state index contributed by atoms with van der Waals surface area (Å²) in [5.41, 5.74) is 7.35. The van der Waals surface area contributed by atoms with Crippen molar-refractivity contribution in [3.63, 3.8) is 0 Å². The molecule has 0 spiro atoms. The molecular formula is C11H19N3O. The highest BCUT2D eigenvalue weighted by Crippen LogP contribution is 2.18. The van der Waals surface area contributed by atoms with Crippen molar-refractivity contribution in [3.8, 4) is 0 Å². The maximum Gasteiger partial charge on any atom is 0.149 e. The van der Waals surface area contributed by atoms with E-state index in [1.807, 2.05) is 32.9 Å². The summed E-state index contributed by atoms with van der Waals surface area (Å²) >= 11 is 0. The van der Waals surface area contributed by atoms with Crippen molar-refractivity contribution in [1.29, 1.82) is 0 Å². The lowest BCUT2D eigenvalue weighted by atomic mass is 10.1. The molecular weight excluding hydrogens is 190 g/mol. The number of aryl methyl sites for hydroxylation is 1. The number of aliphatic hydroxyl groups is 1. The average molecular weight is 209 g/mol. The van der Waals surface area contributed by atoms with Crippen LogP contribution in [0.15, 0.2) is 12.1 Å². The van der Waals surface area contributed by atoms with Crippen LogP contribution in [0.4, 0.5) is 11.5 Å². The fraction of sp³-hybridized carbons (Fsp3) is 0.545. The van der Waals surface area contributed by atoms with Crippen molar-refractivity contribution < 1.29 is 5.11 Å². The van der Waals surface area contributed by atoms with Crippen LogP contribution in [0.3, 0.4) is 0 Å². The van der Waals surface area contributed by atoms with E-state index in [-0.39, 0.29) is 18.6 Å². The van der Waals surface area contributed by atoms with Gasteiger partial charge in [-0.05, 0) is 31.9 Å². The number of nitrogen functional groups attached to an aromatic ring is 1. The minimum absolute atomic E-state index is 0.145. The van der Waals surface area contributed by atoms with E-state index >= 15 is 0 Å². The van der Waals surface area contributed by atoms with Gasteiger partial charge in [0.1, 0.15) is 5.82 Å². The van der Waals surface area contributed by atoms with Crippen LogP contribution in [0, 0.1) is 12.8 Å². The maximum atomic E-state index is 9.02. The Bertz CT molecular complexity index is 328. The van der Waals surface area contributed by atoms with Crippen molar-refractivity contribution in [3.05, 3.63) is 17.8 Å². The fourth-order valence-electron chi connectivity index (χ4n) is 1.20. The van der Waals surface area contributed by atoms with Crippen LogP contribution < -0.4 is 11.1 Å². The Kier molecular flexibility index (Phi) is 3.91. The molecule has 4 N–H and O–H groups in total. The topological polar surface area (TPSA) is 71.2 Å². The molecule has 0 aromatic carbocycles. The number of anilines is 2. The summed E-state index contributed by atoms with van der Waals surface area (Å²) in [5.74, 6) is 0.870. The predicted octanol–water partition coefficient (Wildman–Crippen LogP) is 1.40. The third kappa shape index (κ3) is 3.09. The van der Waals surface area contributed by atoms with E-state index in [4.69, 9.17) is 10.8 Å². The minimum Gasteiger partial charge on any atom is -0.396 e. The first-order valence-corrected chi connectivity index (χ1v) is 5.15. The molecule has 0 aliphatic rings. The van der Waals surface area contributed by atoms with E-state index in [0.29, 0.717) is 11.5 Å². The zero-order valence-electron chi connectivity index (χ0n) is 9.49. The number of nitrogens with two attached hydrogens (primary N) is 1. The number of hydrogen-bond donors (Lipinski definition) is 3. The molecule has 2 unspecified atom stereocenters. The Morgan fingerprint density at radius 2 is 2.13 bits per heavy atom. The van der Waals surface area contributed by atoms with Crippen LogP contribution in [0.5, 0.6) is 0 Å². The molecule has 1 aromatic heterocycles. The molecule has 1 rings (SSSR count). The van der Waals surface area contributed by atoms with Crippen molar-refractivity contribution >= 4 is 11.5 Å². The first-order valence-electron chi connectivity index (χ1n) is 5.15. The number of hydrogen-bond acceptors (Lipinski definition) is 4. The molecule has 1 aromatic rings. The van der Waals surface area contributed by atoms with Crippen LogP contribution in [0.25, 0.3) is 0 Å². The fourth-order valence-corrected chi connectivity index (χ4v) is 1.20. The van der Waals surface area contributed by atoms with Crippen LogP contribution in [0.2, 0.25) is 0 Å². The van der Waals surface area contributed by atoms with Crippen LogP contribution in [0.1, 0.15) is 19.5 Å². The number of pyridine rings is 1. The monoisotopic (exact) mass is 209 g/mol.